The third-order valence-corrected chi connectivity index (χ3v) is 7.71. The fraction of sp³-hybridized carbons (Fsp3) is 0.133. The SMILES string of the molecule is COc1cc(-c2ccc3c(c2)Nc2ccc(CCOc4cccc5nc(C)sc45)cc2NC3=O)ccc1[N+](=O)[O-]. The van der Waals surface area contributed by atoms with Crippen LogP contribution in [0.1, 0.15) is 20.9 Å². The number of methoxy groups -OCH3 is 1. The highest BCUT2D eigenvalue weighted by Crippen LogP contribution is 2.37. The molecule has 0 atom stereocenters. The monoisotopic (exact) mass is 552 g/mol. The van der Waals surface area contributed by atoms with Gasteiger partial charge in [0, 0.05) is 12.5 Å². The van der Waals surface area contributed by atoms with Crippen LogP contribution in [-0.2, 0) is 6.42 Å². The maximum atomic E-state index is 13.1. The van der Waals surface area contributed by atoms with Gasteiger partial charge >= 0.3 is 5.69 Å². The van der Waals surface area contributed by atoms with E-state index in [9.17, 15) is 14.9 Å². The fourth-order valence-corrected chi connectivity index (χ4v) is 5.64. The van der Waals surface area contributed by atoms with Crippen molar-refractivity contribution < 1.29 is 19.2 Å². The normalized spacial score (nSPS) is 12.1. The Kier molecular flexibility index (Phi) is 6.53. The van der Waals surface area contributed by atoms with Crippen molar-refractivity contribution in [3.63, 3.8) is 0 Å². The fourth-order valence-electron chi connectivity index (χ4n) is 4.75. The van der Waals surface area contributed by atoms with Crippen LogP contribution in [-0.4, -0.2) is 29.5 Å². The molecule has 2 heterocycles. The zero-order valence-electron chi connectivity index (χ0n) is 21.7. The molecule has 9 nitrogen and oxygen atoms in total. The Morgan fingerprint density at radius 2 is 1.75 bits per heavy atom. The lowest BCUT2D eigenvalue weighted by Gasteiger charge is -2.12. The molecule has 6 rings (SSSR count). The van der Waals surface area contributed by atoms with E-state index in [0.717, 1.165) is 43.4 Å². The summed E-state index contributed by atoms with van der Waals surface area (Å²) in [4.78, 5) is 28.4. The van der Waals surface area contributed by atoms with Gasteiger partial charge in [0.2, 0.25) is 0 Å². The smallest absolute Gasteiger partial charge is 0.310 e. The lowest BCUT2D eigenvalue weighted by Crippen LogP contribution is -2.11. The van der Waals surface area contributed by atoms with Crippen molar-refractivity contribution in [2.75, 3.05) is 24.4 Å². The summed E-state index contributed by atoms with van der Waals surface area (Å²) in [5.74, 6) is 0.767. The van der Waals surface area contributed by atoms with Gasteiger partial charge in [0.1, 0.15) is 5.75 Å². The first kappa shape index (κ1) is 25.3. The summed E-state index contributed by atoms with van der Waals surface area (Å²) in [6.07, 6.45) is 0.663. The Hall–Kier alpha value is -4.96. The highest BCUT2D eigenvalue weighted by atomic mass is 32.1. The average Bonchev–Trinajstić information content (AvgIpc) is 3.28. The van der Waals surface area contributed by atoms with Gasteiger partial charge < -0.3 is 20.1 Å². The van der Waals surface area contributed by atoms with E-state index >= 15 is 0 Å². The van der Waals surface area contributed by atoms with E-state index in [2.05, 4.69) is 15.6 Å². The Bertz CT molecular complexity index is 1800. The summed E-state index contributed by atoms with van der Waals surface area (Å²) in [5.41, 5.74) is 5.95. The van der Waals surface area contributed by atoms with E-state index in [1.54, 1.807) is 29.5 Å². The molecule has 1 amide bonds. The molecular formula is C30H24N4O5S. The molecule has 1 aromatic heterocycles. The molecule has 4 aromatic carbocycles. The molecule has 1 aliphatic rings. The van der Waals surface area contributed by atoms with Gasteiger partial charge in [-0.2, -0.15) is 0 Å². The molecule has 0 fully saturated rings. The molecular weight excluding hydrogens is 528 g/mol. The minimum absolute atomic E-state index is 0.107. The summed E-state index contributed by atoms with van der Waals surface area (Å²) in [6.45, 7) is 2.47. The van der Waals surface area contributed by atoms with Crippen LogP contribution in [0.2, 0.25) is 0 Å². The van der Waals surface area contributed by atoms with E-state index in [1.165, 1.54) is 13.2 Å². The molecule has 10 heteroatoms. The Balaban J connectivity index is 1.21. The second-order valence-corrected chi connectivity index (χ2v) is 10.5. The molecule has 0 aliphatic carbocycles. The molecule has 2 N–H and O–H groups in total. The van der Waals surface area contributed by atoms with Crippen molar-refractivity contribution in [2.24, 2.45) is 0 Å². The van der Waals surface area contributed by atoms with Gasteiger partial charge in [-0.25, -0.2) is 4.98 Å². The number of nitrogens with one attached hydrogen (secondary N) is 2. The van der Waals surface area contributed by atoms with E-state index in [0.29, 0.717) is 30.0 Å². The van der Waals surface area contributed by atoms with E-state index in [1.807, 2.05) is 55.5 Å². The molecule has 0 spiro atoms. The standard InChI is InChI=1S/C30H24N4O5S/c1-17-31-23-4-3-5-27(29(23)40-17)39-13-12-18-6-10-22-25(14-18)33-30(35)21-9-7-19(15-24(21)32-22)20-8-11-26(34(36)37)28(16-20)38-2/h3-11,14-16,32H,12-13H2,1-2H3,(H,33,35). The Morgan fingerprint density at radius 1 is 0.925 bits per heavy atom. The Labute approximate surface area is 233 Å². The van der Waals surface area contributed by atoms with Crippen LogP contribution in [0.4, 0.5) is 22.7 Å². The summed E-state index contributed by atoms with van der Waals surface area (Å²) < 4.78 is 12.4. The van der Waals surface area contributed by atoms with Gasteiger partial charge in [-0.05, 0) is 72.1 Å². The van der Waals surface area contributed by atoms with Crippen LogP contribution in [0.5, 0.6) is 11.5 Å². The first-order valence-corrected chi connectivity index (χ1v) is 13.4. The molecule has 0 saturated heterocycles. The minimum Gasteiger partial charge on any atom is -0.492 e. The van der Waals surface area contributed by atoms with E-state index in [-0.39, 0.29) is 17.3 Å². The lowest BCUT2D eigenvalue weighted by atomic mass is 10.0. The van der Waals surface area contributed by atoms with Crippen LogP contribution in [0.15, 0.2) is 72.8 Å². The van der Waals surface area contributed by atoms with Crippen molar-refractivity contribution >= 4 is 50.2 Å². The summed E-state index contributed by atoms with van der Waals surface area (Å²) >= 11 is 1.62. The van der Waals surface area contributed by atoms with Crippen molar-refractivity contribution in [3.05, 3.63) is 99.0 Å². The van der Waals surface area contributed by atoms with Gasteiger partial charge in [0.05, 0.1) is 56.5 Å². The largest absolute Gasteiger partial charge is 0.492 e. The molecule has 0 radical (unpaired) electrons. The number of aromatic nitrogens is 1. The molecule has 0 bridgehead atoms. The third kappa shape index (κ3) is 4.80. The number of benzene rings is 4. The topological polar surface area (TPSA) is 116 Å². The Morgan fingerprint density at radius 3 is 2.58 bits per heavy atom. The first-order chi connectivity index (χ1) is 19.4. The highest BCUT2D eigenvalue weighted by Gasteiger charge is 2.21. The van der Waals surface area contributed by atoms with Crippen LogP contribution < -0.4 is 20.1 Å². The van der Waals surface area contributed by atoms with E-state index in [4.69, 9.17) is 9.47 Å². The molecule has 0 unspecified atom stereocenters. The third-order valence-electron chi connectivity index (χ3n) is 6.71. The maximum Gasteiger partial charge on any atom is 0.310 e. The van der Waals surface area contributed by atoms with Crippen LogP contribution in [0.3, 0.4) is 0 Å². The first-order valence-electron chi connectivity index (χ1n) is 12.6. The molecule has 40 heavy (non-hydrogen) atoms. The number of rotatable bonds is 7. The number of thiazole rings is 1. The van der Waals surface area contributed by atoms with Crippen LogP contribution >= 0.6 is 11.3 Å². The maximum absolute atomic E-state index is 13.1. The van der Waals surface area contributed by atoms with Gasteiger partial charge in [-0.1, -0.05) is 18.2 Å². The highest BCUT2D eigenvalue weighted by molar-refractivity contribution is 7.18. The number of hydrogen-bond acceptors (Lipinski definition) is 8. The molecule has 5 aromatic rings. The van der Waals surface area contributed by atoms with Crippen molar-refractivity contribution in [2.45, 2.75) is 13.3 Å². The van der Waals surface area contributed by atoms with Gasteiger partial charge in [-0.15, -0.1) is 11.3 Å². The summed E-state index contributed by atoms with van der Waals surface area (Å²) in [6, 6.07) is 21.9. The second kappa shape index (κ2) is 10.3. The summed E-state index contributed by atoms with van der Waals surface area (Å²) in [7, 11) is 1.40. The van der Waals surface area contributed by atoms with Gasteiger partial charge in [0.15, 0.2) is 5.75 Å². The number of nitro groups is 1. The number of carbonyl (C=O) groups is 1. The quantitative estimate of drug-likeness (QED) is 0.163. The van der Waals surface area contributed by atoms with E-state index < -0.39 is 4.92 Å². The van der Waals surface area contributed by atoms with Gasteiger partial charge in [-0.3, -0.25) is 14.9 Å². The number of anilines is 3. The second-order valence-electron chi connectivity index (χ2n) is 9.30. The van der Waals surface area contributed by atoms with Crippen LogP contribution in [0, 0.1) is 17.0 Å². The molecule has 1 aliphatic heterocycles. The number of fused-ring (bicyclic) bond motifs is 3. The number of ether oxygens (including phenoxy) is 2. The number of nitro benzene ring substituents is 1. The number of carbonyl (C=O) groups excluding carboxylic acids is 1. The van der Waals surface area contributed by atoms with Crippen molar-refractivity contribution in [1.29, 1.82) is 0 Å². The van der Waals surface area contributed by atoms with Crippen LogP contribution in [0.25, 0.3) is 21.3 Å². The number of aryl methyl sites for hydroxylation is 1. The predicted octanol–water partition coefficient (Wildman–Crippen LogP) is 7.12. The molecule has 200 valence electrons. The summed E-state index contributed by atoms with van der Waals surface area (Å²) in [5, 5.41) is 18.7. The zero-order chi connectivity index (χ0) is 27.8. The minimum atomic E-state index is -0.481. The number of hydrogen-bond donors (Lipinski definition) is 2. The average molecular weight is 553 g/mol. The zero-order valence-corrected chi connectivity index (χ0v) is 22.5. The van der Waals surface area contributed by atoms with Crippen molar-refractivity contribution in [3.8, 4) is 22.6 Å². The predicted molar refractivity (Wildman–Crippen MR) is 156 cm³/mol. The lowest BCUT2D eigenvalue weighted by molar-refractivity contribution is -0.385. The van der Waals surface area contributed by atoms with Gasteiger partial charge in [0.25, 0.3) is 5.91 Å². The van der Waals surface area contributed by atoms with Crippen molar-refractivity contribution in [1.82, 2.24) is 4.98 Å². The number of nitrogens with zero attached hydrogens (tertiary/aromatic N) is 2. The number of amides is 1. The molecule has 0 saturated carbocycles.